The van der Waals surface area contributed by atoms with Crippen LogP contribution < -0.4 is 15.5 Å². The molecule has 47 heavy (non-hydrogen) atoms. The number of esters is 2. The summed E-state index contributed by atoms with van der Waals surface area (Å²) in [5.74, 6) is -6.48. The minimum absolute atomic E-state index is 0.0318. The number of carbonyl (C=O) groups excluding carboxylic acids is 3. The van der Waals surface area contributed by atoms with E-state index in [1.165, 1.54) is 5.69 Å². The fraction of sp³-hybridized carbons (Fsp3) is 0.250. The number of amides is 1. The highest BCUT2D eigenvalue weighted by molar-refractivity contribution is 6.00. The number of aromatic nitrogens is 1. The second kappa shape index (κ2) is 14.1. The maximum atomic E-state index is 13.3. The molecule has 1 amide bonds. The molecule has 3 aromatic carbocycles. The summed E-state index contributed by atoms with van der Waals surface area (Å²) in [5.41, 5.74) is 12.3. The lowest BCUT2D eigenvalue weighted by atomic mass is 10.1. The minimum Gasteiger partial charge on any atom is -0.384 e. The first-order valence-electron chi connectivity index (χ1n) is 13.8. The number of nitrogens with two attached hydrogens (primary N) is 1. The van der Waals surface area contributed by atoms with E-state index in [1.807, 2.05) is 47.0 Å². The number of nitrogens with one attached hydrogen (secondary N) is 2. The Bertz CT molecular complexity index is 1760. The SMILES string of the molecule is Cc1cccc2c1cc(C(=O)NCc1ccc([N+](C)(C)C)cc1)n2Cc1cccc(C(=N)N)c1.O=C(OC(=O)C(F)(F)F)C(F)(F)F. The summed E-state index contributed by atoms with van der Waals surface area (Å²) in [4.78, 5) is 32.6. The lowest BCUT2D eigenvalue weighted by Crippen LogP contribution is -2.34. The van der Waals surface area contributed by atoms with E-state index in [0.29, 0.717) is 24.3 Å². The van der Waals surface area contributed by atoms with E-state index in [1.54, 1.807) is 0 Å². The Morgan fingerprint density at radius 1 is 0.851 bits per heavy atom. The molecule has 1 aromatic heterocycles. The van der Waals surface area contributed by atoms with Gasteiger partial charge in [0, 0.05) is 29.6 Å². The van der Waals surface area contributed by atoms with Crippen molar-refractivity contribution >= 4 is 40.3 Å². The van der Waals surface area contributed by atoms with Crippen LogP contribution in [0.3, 0.4) is 0 Å². The number of rotatable bonds is 7. The average molecular weight is 665 g/mol. The van der Waals surface area contributed by atoms with Gasteiger partial charge in [0.05, 0.1) is 21.1 Å². The number of benzene rings is 3. The van der Waals surface area contributed by atoms with E-state index >= 15 is 0 Å². The summed E-state index contributed by atoms with van der Waals surface area (Å²) in [6.07, 6.45) is -11.2. The maximum Gasteiger partial charge on any atom is 0.491 e. The molecule has 4 N–H and O–H groups in total. The monoisotopic (exact) mass is 664 g/mol. The fourth-order valence-electron chi connectivity index (χ4n) is 4.34. The zero-order valence-corrected chi connectivity index (χ0v) is 25.7. The number of carbonyl (C=O) groups is 3. The fourth-order valence-corrected chi connectivity index (χ4v) is 4.34. The Kier molecular flexibility index (Phi) is 10.9. The van der Waals surface area contributed by atoms with Gasteiger partial charge in [0.2, 0.25) is 0 Å². The molecule has 0 aliphatic carbocycles. The number of hydrogen-bond donors (Lipinski definition) is 3. The van der Waals surface area contributed by atoms with Gasteiger partial charge >= 0.3 is 24.3 Å². The number of nitrogens with zero attached hydrogens (tertiary/aromatic N) is 2. The van der Waals surface area contributed by atoms with Crippen LogP contribution in [0.25, 0.3) is 10.9 Å². The Balaban J connectivity index is 0.000000392. The molecule has 4 rings (SSSR count). The van der Waals surface area contributed by atoms with Crippen LogP contribution in [0.4, 0.5) is 32.0 Å². The minimum atomic E-state index is -5.62. The molecule has 0 fully saturated rings. The van der Waals surface area contributed by atoms with Crippen molar-refractivity contribution in [3.8, 4) is 0 Å². The van der Waals surface area contributed by atoms with Gasteiger partial charge in [-0.05, 0) is 53.9 Å². The summed E-state index contributed by atoms with van der Waals surface area (Å²) in [6, 6.07) is 24.0. The quantitative estimate of drug-likeness (QED) is 0.0593. The number of nitrogen functional groups attached to an aromatic ring is 1. The number of halogens is 6. The molecule has 4 aromatic rings. The topological polar surface area (TPSA) is 127 Å². The van der Waals surface area contributed by atoms with Crippen molar-refractivity contribution in [2.45, 2.75) is 32.4 Å². The molecule has 0 unspecified atom stereocenters. The van der Waals surface area contributed by atoms with Crippen molar-refractivity contribution in [1.29, 1.82) is 5.41 Å². The molecule has 0 radical (unpaired) electrons. The molecular formula is C32H32F6N5O4+. The van der Waals surface area contributed by atoms with Crippen molar-refractivity contribution in [3.05, 3.63) is 101 Å². The molecular weight excluding hydrogens is 632 g/mol. The van der Waals surface area contributed by atoms with Gasteiger partial charge in [0.1, 0.15) is 17.2 Å². The summed E-state index contributed by atoms with van der Waals surface area (Å²) >= 11 is 0. The highest BCUT2D eigenvalue weighted by Crippen LogP contribution is 2.25. The van der Waals surface area contributed by atoms with Crippen molar-refractivity contribution in [2.75, 3.05) is 21.1 Å². The highest BCUT2D eigenvalue weighted by atomic mass is 19.4. The third-order valence-electron chi connectivity index (χ3n) is 6.79. The molecule has 0 aliphatic rings. The second-order valence-corrected chi connectivity index (χ2v) is 11.3. The molecule has 0 spiro atoms. The van der Waals surface area contributed by atoms with Gasteiger partial charge in [-0.1, -0.05) is 42.5 Å². The summed E-state index contributed by atoms with van der Waals surface area (Å²) in [7, 11) is 6.39. The third kappa shape index (κ3) is 9.66. The highest BCUT2D eigenvalue weighted by Gasteiger charge is 2.49. The summed E-state index contributed by atoms with van der Waals surface area (Å²) in [5, 5.41) is 11.9. The van der Waals surface area contributed by atoms with E-state index in [9.17, 15) is 40.7 Å². The molecule has 15 heteroatoms. The average Bonchev–Trinajstić information content (AvgIpc) is 3.34. The van der Waals surface area contributed by atoms with Crippen LogP contribution in [-0.2, 0) is 27.4 Å². The molecule has 9 nitrogen and oxygen atoms in total. The number of aryl methyl sites for hydroxylation is 1. The van der Waals surface area contributed by atoms with Gasteiger partial charge in [-0.25, -0.2) is 9.59 Å². The zero-order chi connectivity index (χ0) is 35.3. The van der Waals surface area contributed by atoms with Crippen molar-refractivity contribution in [2.24, 2.45) is 5.73 Å². The normalized spacial score (nSPS) is 11.8. The largest absolute Gasteiger partial charge is 0.491 e. The van der Waals surface area contributed by atoms with Crippen molar-refractivity contribution in [3.63, 3.8) is 0 Å². The lowest BCUT2D eigenvalue weighted by molar-refractivity contribution is -0.221. The number of ether oxygens (including phenoxy) is 1. The van der Waals surface area contributed by atoms with Crippen LogP contribution in [0.5, 0.6) is 0 Å². The molecule has 0 atom stereocenters. The van der Waals surface area contributed by atoms with E-state index in [0.717, 1.165) is 32.1 Å². The van der Waals surface area contributed by atoms with Crippen LogP contribution in [0.15, 0.2) is 72.8 Å². The van der Waals surface area contributed by atoms with Gasteiger partial charge in [-0.15, -0.1) is 0 Å². The van der Waals surface area contributed by atoms with Gasteiger partial charge in [0.15, 0.2) is 0 Å². The number of amidine groups is 1. The number of hydrogen-bond acceptors (Lipinski definition) is 5. The van der Waals surface area contributed by atoms with Gasteiger partial charge in [-0.3, -0.25) is 14.7 Å². The number of quaternary nitrogens is 1. The third-order valence-corrected chi connectivity index (χ3v) is 6.79. The lowest BCUT2D eigenvalue weighted by Gasteiger charge is -2.23. The summed E-state index contributed by atoms with van der Waals surface area (Å²) < 4.78 is 72.5. The number of fused-ring (bicyclic) bond motifs is 1. The Morgan fingerprint density at radius 2 is 1.43 bits per heavy atom. The van der Waals surface area contributed by atoms with Crippen LogP contribution in [0, 0.1) is 12.3 Å². The van der Waals surface area contributed by atoms with Crippen LogP contribution in [0.2, 0.25) is 0 Å². The predicted octanol–water partition coefficient (Wildman–Crippen LogP) is 5.59. The first-order chi connectivity index (χ1) is 21.7. The van der Waals surface area contributed by atoms with Crippen LogP contribution >= 0.6 is 0 Å². The van der Waals surface area contributed by atoms with Crippen molar-refractivity contribution in [1.82, 2.24) is 14.4 Å². The van der Waals surface area contributed by atoms with E-state index in [2.05, 4.69) is 68.5 Å². The predicted molar refractivity (Wildman–Crippen MR) is 164 cm³/mol. The molecule has 0 saturated carbocycles. The second-order valence-electron chi connectivity index (χ2n) is 11.3. The maximum absolute atomic E-state index is 13.3. The van der Waals surface area contributed by atoms with E-state index in [-0.39, 0.29) is 11.7 Å². The zero-order valence-electron chi connectivity index (χ0n) is 25.7. The van der Waals surface area contributed by atoms with Crippen molar-refractivity contribution < 1.29 is 45.5 Å². The van der Waals surface area contributed by atoms with Crippen LogP contribution in [-0.4, -0.2) is 61.7 Å². The molecule has 1 heterocycles. The molecule has 0 bridgehead atoms. The Labute approximate surface area is 265 Å². The number of alkyl halides is 6. The van der Waals surface area contributed by atoms with Gasteiger partial charge in [-0.2, -0.15) is 26.3 Å². The standard InChI is InChI=1S/C28H31N5O.C4F6O3/c1-19-7-5-10-25-24(19)16-26(32(25)18-21-8-6-9-22(15-21)27(29)30)28(34)31-17-20-11-13-23(14-12-20)33(2,3)4;5-3(6,7)1(11)13-2(12)4(8,9)10/h5-16H,17-18H2,1-4H3,(H3-,29,30,31,34);/p+1. The van der Waals surface area contributed by atoms with Gasteiger partial charge in [0.25, 0.3) is 5.91 Å². The van der Waals surface area contributed by atoms with E-state index in [4.69, 9.17) is 11.1 Å². The van der Waals surface area contributed by atoms with E-state index < -0.39 is 24.3 Å². The Hall–Kier alpha value is -5.18. The summed E-state index contributed by atoms with van der Waals surface area (Å²) in [6.45, 7) is 3.02. The smallest absolute Gasteiger partial charge is 0.384 e. The Morgan fingerprint density at radius 3 is 1.96 bits per heavy atom. The van der Waals surface area contributed by atoms with Crippen LogP contribution in [0.1, 0.15) is 32.7 Å². The first kappa shape index (κ1) is 36.3. The molecule has 0 saturated heterocycles. The first-order valence-corrected chi connectivity index (χ1v) is 13.8. The van der Waals surface area contributed by atoms with Gasteiger partial charge < -0.3 is 20.4 Å². The molecule has 250 valence electrons. The molecule has 0 aliphatic heterocycles.